The molecule has 1 unspecified atom stereocenters. The zero-order valence-electron chi connectivity index (χ0n) is 14.4. The molecule has 7 heteroatoms. The zero-order valence-corrected chi connectivity index (χ0v) is 14.4. The fourth-order valence-electron chi connectivity index (χ4n) is 2.89. The van der Waals surface area contributed by atoms with Crippen molar-refractivity contribution in [3.63, 3.8) is 0 Å². The molecule has 0 aromatic heterocycles. The monoisotopic (exact) mass is 326 g/mol. The number of carboxylic acids is 1. The molecule has 0 spiro atoms. The lowest BCUT2D eigenvalue weighted by molar-refractivity contribution is -0.241. The number of carbonyl (C=O) groups is 3. The van der Waals surface area contributed by atoms with Crippen LogP contribution in [0.3, 0.4) is 0 Å². The number of nitrogens with zero attached hydrogens (tertiary/aromatic N) is 2. The van der Waals surface area contributed by atoms with Gasteiger partial charge in [0, 0.05) is 23.2 Å². The number of piperidine rings is 1. The molecule has 130 valence electrons. The Morgan fingerprint density at radius 1 is 1.09 bits per heavy atom. The fourth-order valence-corrected chi connectivity index (χ4v) is 2.89. The molecule has 0 bridgehead atoms. The maximum absolute atomic E-state index is 10.9. The Balaban J connectivity index is 0.000000231. The molecular formula is C16H26N2O5. The predicted molar refractivity (Wildman–Crippen MR) is 83.7 cm³/mol. The van der Waals surface area contributed by atoms with E-state index in [0.29, 0.717) is 4.90 Å². The van der Waals surface area contributed by atoms with E-state index in [9.17, 15) is 19.6 Å². The van der Waals surface area contributed by atoms with Gasteiger partial charge >= 0.3 is 5.97 Å². The van der Waals surface area contributed by atoms with E-state index < -0.39 is 23.8 Å². The standard InChI is InChI=1S/C9H19NO.C7H7NO4/c1-8(2)6-5-7-9(3,4)10(8)11;1-4(7(11)12)8-5(9)2-3-6(8)10/h11H,5-7H2,1-4H3;2-4H,1H3,(H,11,12). The van der Waals surface area contributed by atoms with Gasteiger partial charge in [-0.05, 0) is 53.9 Å². The second kappa shape index (κ2) is 6.80. The van der Waals surface area contributed by atoms with Gasteiger partial charge in [-0.15, -0.1) is 0 Å². The summed E-state index contributed by atoms with van der Waals surface area (Å²) in [4.78, 5) is 32.9. The van der Waals surface area contributed by atoms with E-state index in [2.05, 4.69) is 27.7 Å². The molecule has 0 saturated carbocycles. The second-order valence-corrected chi connectivity index (χ2v) is 7.18. The van der Waals surface area contributed by atoms with Gasteiger partial charge in [0.2, 0.25) is 0 Å². The highest BCUT2D eigenvalue weighted by Gasteiger charge is 2.40. The van der Waals surface area contributed by atoms with Gasteiger partial charge in [0.15, 0.2) is 0 Å². The third-order valence-corrected chi connectivity index (χ3v) is 4.31. The minimum absolute atomic E-state index is 0.0399. The number of imide groups is 1. The summed E-state index contributed by atoms with van der Waals surface area (Å²) in [5.41, 5.74) is -0.0799. The van der Waals surface area contributed by atoms with Gasteiger partial charge in [0.1, 0.15) is 6.04 Å². The Morgan fingerprint density at radius 2 is 1.48 bits per heavy atom. The molecule has 0 aromatic carbocycles. The number of amides is 2. The Kier molecular flexibility index (Phi) is 5.71. The Bertz CT molecular complexity index is 491. The second-order valence-electron chi connectivity index (χ2n) is 7.18. The van der Waals surface area contributed by atoms with Crippen molar-refractivity contribution in [2.24, 2.45) is 0 Å². The molecule has 2 N–H and O–H groups in total. The molecule has 0 aromatic rings. The van der Waals surface area contributed by atoms with E-state index >= 15 is 0 Å². The van der Waals surface area contributed by atoms with Crippen LogP contribution in [0.15, 0.2) is 12.2 Å². The van der Waals surface area contributed by atoms with Crippen LogP contribution >= 0.6 is 0 Å². The first-order chi connectivity index (χ1) is 10.4. The topological polar surface area (TPSA) is 98.2 Å². The third kappa shape index (κ3) is 4.39. The van der Waals surface area contributed by atoms with Crippen LogP contribution < -0.4 is 0 Å². The van der Waals surface area contributed by atoms with E-state index in [4.69, 9.17) is 5.11 Å². The summed E-state index contributed by atoms with van der Waals surface area (Å²) in [6.07, 6.45) is 5.51. The maximum Gasteiger partial charge on any atom is 0.326 e. The van der Waals surface area contributed by atoms with Gasteiger partial charge in [-0.1, -0.05) is 0 Å². The minimum atomic E-state index is -1.19. The Labute approximate surface area is 136 Å². The molecule has 2 heterocycles. The molecule has 2 amide bonds. The van der Waals surface area contributed by atoms with Crippen LogP contribution in [0.5, 0.6) is 0 Å². The minimum Gasteiger partial charge on any atom is -0.480 e. The van der Waals surface area contributed by atoms with Crippen molar-refractivity contribution in [2.45, 2.75) is 71.0 Å². The molecule has 1 atom stereocenters. The van der Waals surface area contributed by atoms with Crippen LogP contribution in [0.2, 0.25) is 0 Å². The van der Waals surface area contributed by atoms with Crippen molar-refractivity contribution in [2.75, 3.05) is 0 Å². The summed E-state index contributed by atoms with van der Waals surface area (Å²) in [5.74, 6) is -2.34. The largest absolute Gasteiger partial charge is 0.480 e. The van der Waals surface area contributed by atoms with E-state index in [0.717, 1.165) is 25.0 Å². The molecule has 2 aliphatic heterocycles. The molecule has 0 aliphatic carbocycles. The smallest absolute Gasteiger partial charge is 0.326 e. The molecule has 0 radical (unpaired) electrons. The first-order valence-corrected chi connectivity index (χ1v) is 7.67. The van der Waals surface area contributed by atoms with Crippen molar-refractivity contribution < 1.29 is 24.7 Å². The summed E-state index contributed by atoms with van der Waals surface area (Å²) in [5, 5.41) is 19.8. The number of hydrogen-bond donors (Lipinski definition) is 2. The fraction of sp³-hybridized carbons (Fsp3) is 0.688. The lowest BCUT2D eigenvalue weighted by Crippen LogP contribution is -2.56. The predicted octanol–water partition coefficient (Wildman–Crippen LogP) is 1.80. The van der Waals surface area contributed by atoms with Crippen LogP contribution in [0.25, 0.3) is 0 Å². The van der Waals surface area contributed by atoms with E-state index in [1.54, 1.807) is 0 Å². The lowest BCUT2D eigenvalue weighted by Gasteiger charge is -2.48. The number of hydrogen-bond acceptors (Lipinski definition) is 5. The maximum atomic E-state index is 10.9. The van der Waals surface area contributed by atoms with Crippen LogP contribution in [-0.2, 0) is 14.4 Å². The summed E-state index contributed by atoms with van der Waals surface area (Å²) in [7, 11) is 0. The van der Waals surface area contributed by atoms with E-state index in [1.807, 2.05) is 0 Å². The van der Waals surface area contributed by atoms with Crippen LogP contribution in [0.1, 0.15) is 53.9 Å². The number of rotatable bonds is 2. The van der Waals surface area contributed by atoms with Gasteiger partial charge in [0.05, 0.1) is 0 Å². The number of carboxylic acid groups (broad SMARTS) is 1. The highest BCUT2D eigenvalue weighted by molar-refractivity contribution is 6.14. The van der Waals surface area contributed by atoms with Gasteiger partial charge < -0.3 is 10.3 Å². The average Bonchev–Trinajstić information content (AvgIpc) is 2.75. The zero-order chi connectivity index (χ0) is 18.0. The van der Waals surface area contributed by atoms with Gasteiger partial charge in [-0.2, -0.15) is 5.06 Å². The molecule has 23 heavy (non-hydrogen) atoms. The van der Waals surface area contributed by atoms with Crippen molar-refractivity contribution in [1.29, 1.82) is 0 Å². The SMILES string of the molecule is CC(C(=O)O)N1C(=O)C=CC1=O.CC1(C)CCCC(C)(C)N1O. The van der Waals surface area contributed by atoms with Gasteiger partial charge in [-0.3, -0.25) is 14.5 Å². The summed E-state index contributed by atoms with van der Waals surface area (Å²) < 4.78 is 0. The van der Waals surface area contributed by atoms with Gasteiger partial charge in [0.25, 0.3) is 11.8 Å². The van der Waals surface area contributed by atoms with Crippen LogP contribution in [-0.4, -0.2) is 55.2 Å². The molecule has 2 aliphatic rings. The highest BCUT2D eigenvalue weighted by Crippen LogP contribution is 2.35. The van der Waals surface area contributed by atoms with Crippen LogP contribution in [0, 0.1) is 0 Å². The van der Waals surface area contributed by atoms with Crippen molar-refractivity contribution in [3.05, 3.63) is 12.2 Å². The van der Waals surface area contributed by atoms with Crippen molar-refractivity contribution in [1.82, 2.24) is 9.96 Å². The molecule has 2 rings (SSSR count). The molecule has 7 nitrogen and oxygen atoms in total. The molecule has 1 fully saturated rings. The first-order valence-electron chi connectivity index (χ1n) is 7.67. The number of carbonyl (C=O) groups excluding carboxylic acids is 2. The highest BCUT2D eigenvalue weighted by atomic mass is 16.5. The van der Waals surface area contributed by atoms with Crippen LogP contribution in [0.4, 0.5) is 0 Å². The van der Waals surface area contributed by atoms with E-state index in [-0.39, 0.29) is 11.1 Å². The lowest BCUT2D eigenvalue weighted by atomic mass is 9.82. The van der Waals surface area contributed by atoms with Crippen molar-refractivity contribution in [3.8, 4) is 0 Å². The summed E-state index contributed by atoms with van der Waals surface area (Å²) in [6.45, 7) is 9.65. The molecule has 1 saturated heterocycles. The van der Waals surface area contributed by atoms with Gasteiger partial charge in [-0.25, -0.2) is 4.79 Å². The Morgan fingerprint density at radius 3 is 1.78 bits per heavy atom. The summed E-state index contributed by atoms with van der Waals surface area (Å²) >= 11 is 0. The quantitative estimate of drug-likeness (QED) is 0.751. The number of aliphatic carboxylic acids is 1. The third-order valence-electron chi connectivity index (χ3n) is 4.31. The van der Waals surface area contributed by atoms with Crippen molar-refractivity contribution >= 4 is 17.8 Å². The number of hydroxylamine groups is 2. The molecular weight excluding hydrogens is 300 g/mol. The average molecular weight is 326 g/mol. The first kappa shape index (κ1) is 19.3. The van der Waals surface area contributed by atoms with E-state index in [1.165, 1.54) is 18.4 Å². The normalized spacial score (nSPS) is 24.2. The Hall–Kier alpha value is -1.73. The summed E-state index contributed by atoms with van der Waals surface area (Å²) in [6, 6.07) is -1.10.